The number of carbonyl (C=O) groups is 1. The molecule has 1 aliphatic carbocycles. The summed E-state index contributed by atoms with van der Waals surface area (Å²) in [6.45, 7) is 5.90. The maximum absolute atomic E-state index is 10.5. The summed E-state index contributed by atoms with van der Waals surface area (Å²) >= 11 is 0. The summed E-state index contributed by atoms with van der Waals surface area (Å²) in [4.78, 5) is 10.5. The van der Waals surface area contributed by atoms with Crippen LogP contribution in [0.4, 0.5) is 0 Å². The lowest BCUT2D eigenvalue weighted by Crippen LogP contribution is -2.54. The molecule has 0 bridgehead atoms. The number of nitrogens with two attached hydrogens (primary N) is 1. The number of carboxylic acid groups (broad SMARTS) is 1. The van der Waals surface area contributed by atoms with E-state index in [9.17, 15) is 4.79 Å². The predicted molar refractivity (Wildman–Crippen MR) is 53.0 cm³/mol. The van der Waals surface area contributed by atoms with E-state index >= 15 is 0 Å². The highest BCUT2D eigenvalue weighted by molar-refractivity contribution is 5.67. The molecule has 0 amide bonds. The standard InChI is InChI=1S/C10H19NO3/c1-10(2,3)14-8-5-7(11)6(8)4-9(12)13/h6-8H,4-5,11H2,1-3H3,(H,12,13). The van der Waals surface area contributed by atoms with E-state index in [1.807, 2.05) is 20.8 Å². The van der Waals surface area contributed by atoms with Gasteiger partial charge in [-0.05, 0) is 27.2 Å². The summed E-state index contributed by atoms with van der Waals surface area (Å²) in [6.07, 6.45) is 0.901. The Morgan fingerprint density at radius 3 is 2.50 bits per heavy atom. The summed E-state index contributed by atoms with van der Waals surface area (Å²) in [7, 11) is 0. The second-order valence-corrected chi connectivity index (χ2v) is 4.93. The molecule has 1 aliphatic rings. The first-order valence-corrected chi connectivity index (χ1v) is 4.95. The lowest BCUT2D eigenvalue weighted by atomic mass is 9.74. The van der Waals surface area contributed by atoms with Gasteiger partial charge in [0, 0.05) is 12.0 Å². The monoisotopic (exact) mass is 201 g/mol. The Labute approximate surface area is 84.4 Å². The van der Waals surface area contributed by atoms with Crippen LogP contribution in [-0.2, 0) is 9.53 Å². The minimum absolute atomic E-state index is 0.0149. The highest BCUT2D eigenvalue weighted by Gasteiger charge is 2.42. The van der Waals surface area contributed by atoms with Gasteiger partial charge in [0.2, 0.25) is 0 Å². The molecule has 0 aromatic heterocycles. The Morgan fingerprint density at radius 2 is 2.14 bits per heavy atom. The van der Waals surface area contributed by atoms with Crippen molar-refractivity contribution in [1.82, 2.24) is 0 Å². The average molecular weight is 201 g/mol. The van der Waals surface area contributed by atoms with Gasteiger partial charge in [-0.15, -0.1) is 0 Å². The summed E-state index contributed by atoms with van der Waals surface area (Å²) in [5, 5.41) is 8.67. The lowest BCUT2D eigenvalue weighted by molar-refractivity contribution is -0.154. The van der Waals surface area contributed by atoms with Gasteiger partial charge in [-0.25, -0.2) is 0 Å². The number of carboxylic acids is 1. The highest BCUT2D eigenvalue weighted by Crippen LogP contribution is 2.34. The average Bonchev–Trinajstić information content (AvgIpc) is 1.97. The van der Waals surface area contributed by atoms with Crippen LogP contribution in [0.1, 0.15) is 33.6 Å². The second-order valence-electron chi connectivity index (χ2n) is 4.93. The molecule has 1 fully saturated rings. The maximum Gasteiger partial charge on any atom is 0.303 e. The summed E-state index contributed by atoms with van der Waals surface area (Å²) in [5.41, 5.74) is 5.52. The predicted octanol–water partition coefficient (Wildman–Crippen LogP) is 0.992. The molecule has 3 unspecified atom stereocenters. The SMILES string of the molecule is CC(C)(C)OC1CC(N)C1CC(=O)O. The molecule has 3 atom stereocenters. The van der Waals surface area contributed by atoms with Crippen molar-refractivity contribution in [3.05, 3.63) is 0 Å². The molecule has 1 saturated carbocycles. The van der Waals surface area contributed by atoms with E-state index in [2.05, 4.69) is 0 Å². The van der Waals surface area contributed by atoms with E-state index in [1.165, 1.54) is 0 Å². The third kappa shape index (κ3) is 2.96. The van der Waals surface area contributed by atoms with Crippen LogP contribution in [0.15, 0.2) is 0 Å². The zero-order valence-electron chi connectivity index (χ0n) is 8.99. The number of aliphatic carboxylic acids is 1. The van der Waals surface area contributed by atoms with E-state index < -0.39 is 5.97 Å². The highest BCUT2D eigenvalue weighted by atomic mass is 16.5. The molecule has 0 spiro atoms. The molecule has 1 rings (SSSR count). The lowest BCUT2D eigenvalue weighted by Gasteiger charge is -2.44. The first-order valence-electron chi connectivity index (χ1n) is 4.95. The van der Waals surface area contributed by atoms with Gasteiger partial charge in [-0.3, -0.25) is 4.79 Å². The van der Waals surface area contributed by atoms with Gasteiger partial charge in [-0.1, -0.05) is 0 Å². The number of hydrogen-bond donors (Lipinski definition) is 2. The van der Waals surface area contributed by atoms with Crippen molar-refractivity contribution < 1.29 is 14.6 Å². The van der Waals surface area contributed by atoms with Gasteiger partial charge in [0.25, 0.3) is 0 Å². The smallest absolute Gasteiger partial charge is 0.303 e. The molecule has 0 aromatic rings. The normalized spacial score (nSPS) is 32.4. The molecule has 3 N–H and O–H groups in total. The molecule has 0 saturated heterocycles. The topological polar surface area (TPSA) is 72.5 Å². The Balaban J connectivity index is 2.44. The van der Waals surface area contributed by atoms with Crippen molar-refractivity contribution in [3.63, 3.8) is 0 Å². The van der Waals surface area contributed by atoms with Crippen molar-refractivity contribution in [3.8, 4) is 0 Å². The van der Waals surface area contributed by atoms with Crippen molar-refractivity contribution in [1.29, 1.82) is 0 Å². The molecular formula is C10H19NO3. The van der Waals surface area contributed by atoms with Crippen molar-refractivity contribution in [2.75, 3.05) is 0 Å². The molecule has 82 valence electrons. The van der Waals surface area contributed by atoms with E-state index in [0.717, 1.165) is 6.42 Å². The van der Waals surface area contributed by atoms with E-state index in [0.29, 0.717) is 0 Å². The third-order valence-electron chi connectivity index (χ3n) is 2.45. The number of hydrogen-bond acceptors (Lipinski definition) is 3. The molecule has 0 radical (unpaired) electrons. The quantitative estimate of drug-likeness (QED) is 0.714. The van der Waals surface area contributed by atoms with Gasteiger partial charge in [0.15, 0.2) is 0 Å². The minimum Gasteiger partial charge on any atom is -0.481 e. The van der Waals surface area contributed by atoms with Crippen LogP contribution in [0.3, 0.4) is 0 Å². The van der Waals surface area contributed by atoms with E-state index in [-0.39, 0.29) is 30.1 Å². The van der Waals surface area contributed by atoms with Gasteiger partial charge < -0.3 is 15.6 Å². The van der Waals surface area contributed by atoms with Crippen LogP contribution in [-0.4, -0.2) is 28.8 Å². The molecular weight excluding hydrogens is 182 g/mol. The van der Waals surface area contributed by atoms with Gasteiger partial charge in [0.1, 0.15) is 0 Å². The fraction of sp³-hybridized carbons (Fsp3) is 0.900. The van der Waals surface area contributed by atoms with Crippen LogP contribution in [0.2, 0.25) is 0 Å². The van der Waals surface area contributed by atoms with Gasteiger partial charge >= 0.3 is 5.97 Å². The van der Waals surface area contributed by atoms with Gasteiger partial charge in [-0.2, -0.15) is 0 Å². The number of ether oxygens (including phenoxy) is 1. The fourth-order valence-corrected chi connectivity index (χ4v) is 1.77. The van der Waals surface area contributed by atoms with Crippen LogP contribution >= 0.6 is 0 Å². The summed E-state index contributed by atoms with van der Waals surface area (Å²) in [6, 6.07) is -0.0153. The first-order chi connectivity index (χ1) is 6.29. The number of rotatable bonds is 3. The summed E-state index contributed by atoms with van der Waals surface area (Å²) < 4.78 is 5.71. The van der Waals surface area contributed by atoms with Crippen LogP contribution in [0.25, 0.3) is 0 Å². The van der Waals surface area contributed by atoms with E-state index in [1.54, 1.807) is 0 Å². The Hall–Kier alpha value is -0.610. The van der Waals surface area contributed by atoms with Crippen molar-refractivity contribution >= 4 is 5.97 Å². The zero-order chi connectivity index (χ0) is 10.9. The van der Waals surface area contributed by atoms with Crippen LogP contribution in [0.5, 0.6) is 0 Å². The molecule has 0 aliphatic heterocycles. The largest absolute Gasteiger partial charge is 0.481 e. The second kappa shape index (κ2) is 3.87. The third-order valence-corrected chi connectivity index (χ3v) is 2.45. The van der Waals surface area contributed by atoms with Crippen LogP contribution < -0.4 is 5.73 Å². The molecule has 0 aromatic carbocycles. The molecule has 4 nitrogen and oxygen atoms in total. The molecule has 14 heavy (non-hydrogen) atoms. The van der Waals surface area contributed by atoms with Crippen LogP contribution in [0, 0.1) is 5.92 Å². The van der Waals surface area contributed by atoms with Crippen molar-refractivity contribution in [2.45, 2.75) is 51.4 Å². The Kier molecular flexibility index (Phi) is 3.17. The Bertz CT molecular complexity index is 222. The first kappa shape index (κ1) is 11.5. The minimum atomic E-state index is -0.798. The van der Waals surface area contributed by atoms with Crippen molar-refractivity contribution in [2.24, 2.45) is 11.7 Å². The fourth-order valence-electron chi connectivity index (χ4n) is 1.77. The Morgan fingerprint density at radius 1 is 1.57 bits per heavy atom. The molecule has 4 heteroatoms. The van der Waals surface area contributed by atoms with E-state index in [4.69, 9.17) is 15.6 Å². The van der Waals surface area contributed by atoms with Gasteiger partial charge in [0.05, 0.1) is 18.1 Å². The molecule has 0 heterocycles. The summed E-state index contributed by atoms with van der Waals surface area (Å²) in [5.74, 6) is -0.820. The zero-order valence-corrected chi connectivity index (χ0v) is 8.99. The maximum atomic E-state index is 10.5.